The zero-order valence-corrected chi connectivity index (χ0v) is 12.6. The molecule has 108 valence electrons. The van der Waals surface area contributed by atoms with Crippen molar-refractivity contribution in [2.45, 2.75) is 19.8 Å². The third kappa shape index (κ3) is 8.43. The number of likely N-dealkylation sites (N-methyl/N-ethyl adjacent to an activating group) is 1. The second-order valence-corrected chi connectivity index (χ2v) is 6.55. The van der Waals surface area contributed by atoms with Crippen LogP contribution in [0.4, 0.5) is 0 Å². The Morgan fingerprint density at radius 1 is 1.17 bits per heavy atom. The first kappa shape index (κ1) is 17.3. The SMILES string of the molecule is CCCN(CCC(=O)NCCN(C)C)S(C)(=O)=O. The van der Waals surface area contributed by atoms with Gasteiger partial charge >= 0.3 is 0 Å². The molecular weight excluding hydrogens is 254 g/mol. The van der Waals surface area contributed by atoms with Gasteiger partial charge in [-0.05, 0) is 20.5 Å². The van der Waals surface area contributed by atoms with Crippen LogP contribution in [-0.4, -0.2) is 70.1 Å². The van der Waals surface area contributed by atoms with Gasteiger partial charge in [0.05, 0.1) is 6.26 Å². The first-order valence-electron chi connectivity index (χ1n) is 6.14. The summed E-state index contributed by atoms with van der Waals surface area (Å²) < 4.78 is 24.2. The van der Waals surface area contributed by atoms with Crippen LogP contribution in [0.2, 0.25) is 0 Å². The maximum atomic E-state index is 11.5. The van der Waals surface area contributed by atoms with Crippen LogP contribution in [0.1, 0.15) is 19.8 Å². The van der Waals surface area contributed by atoms with Crippen LogP contribution in [0.5, 0.6) is 0 Å². The molecule has 0 unspecified atom stereocenters. The summed E-state index contributed by atoms with van der Waals surface area (Å²) in [6, 6.07) is 0. The lowest BCUT2D eigenvalue weighted by Crippen LogP contribution is -2.36. The van der Waals surface area contributed by atoms with E-state index in [1.165, 1.54) is 10.6 Å². The van der Waals surface area contributed by atoms with Gasteiger partial charge < -0.3 is 10.2 Å². The van der Waals surface area contributed by atoms with Gasteiger partial charge in [-0.2, -0.15) is 0 Å². The molecule has 0 fully saturated rings. The molecular formula is C11H25N3O3S. The molecule has 7 heteroatoms. The summed E-state index contributed by atoms with van der Waals surface area (Å²) in [7, 11) is 0.647. The zero-order valence-electron chi connectivity index (χ0n) is 11.8. The second-order valence-electron chi connectivity index (χ2n) is 4.57. The lowest BCUT2D eigenvalue weighted by atomic mass is 10.3. The Kier molecular flexibility index (Phi) is 8.13. The van der Waals surface area contributed by atoms with Crippen LogP contribution in [0, 0.1) is 0 Å². The smallest absolute Gasteiger partial charge is 0.221 e. The van der Waals surface area contributed by atoms with E-state index in [2.05, 4.69) is 5.32 Å². The van der Waals surface area contributed by atoms with E-state index in [4.69, 9.17) is 0 Å². The van der Waals surface area contributed by atoms with Crippen molar-refractivity contribution in [3.8, 4) is 0 Å². The van der Waals surface area contributed by atoms with Gasteiger partial charge in [-0.3, -0.25) is 4.79 Å². The van der Waals surface area contributed by atoms with Gasteiger partial charge in [0.2, 0.25) is 15.9 Å². The van der Waals surface area contributed by atoms with Crippen molar-refractivity contribution in [2.75, 3.05) is 46.5 Å². The molecule has 1 amide bonds. The number of hydrogen-bond acceptors (Lipinski definition) is 4. The predicted octanol–water partition coefficient (Wildman–Crippen LogP) is -0.274. The quantitative estimate of drug-likeness (QED) is 0.630. The fourth-order valence-corrected chi connectivity index (χ4v) is 2.36. The Balaban J connectivity index is 4.01. The topological polar surface area (TPSA) is 69.7 Å². The Morgan fingerprint density at radius 2 is 1.78 bits per heavy atom. The third-order valence-electron chi connectivity index (χ3n) is 2.41. The summed E-state index contributed by atoms with van der Waals surface area (Å²) in [5.74, 6) is -0.110. The second kappa shape index (κ2) is 8.44. The Hall–Kier alpha value is -0.660. The van der Waals surface area contributed by atoms with Crippen LogP contribution in [0.15, 0.2) is 0 Å². The van der Waals surface area contributed by atoms with E-state index in [0.29, 0.717) is 13.1 Å². The fraction of sp³-hybridized carbons (Fsp3) is 0.909. The van der Waals surface area contributed by atoms with Crippen molar-refractivity contribution in [1.82, 2.24) is 14.5 Å². The summed E-state index contributed by atoms with van der Waals surface area (Å²) >= 11 is 0. The van der Waals surface area contributed by atoms with Crippen molar-refractivity contribution < 1.29 is 13.2 Å². The third-order valence-corrected chi connectivity index (χ3v) is 3.71. The van der Waals surface area contributed by atoms with Crippen LogP contribution in [-0.2, 0) is 14.8 Å². The Labute approximate surface area is 110 Å². The molecule has 0 atom stereocenters. The normalized spacial score (nSPS) is 12.1. The Morgan fingerprint density at radius 3 is 2.22 bits per heavy atom. The summed E-state index contributed by atoms with van der Waals surface area (Å²) in [4.78, 5) is 13.5. The number of nitrogens with zero attached hydrogens (tertiary/aromatic N) is 2. The number of sulfonamides is 1. The summed E-state index contributed by atoms with van der Waals surface area (Å²) in [5, 5.41) is 2.76. The predicted molar refractivity (Wildman–Crippen MR) is 72.9 cm³/mol. The van der Waals surface area contributed by atoms with Crippen LogP contribution in [0.3, 0.4) is 0 Å². The number of nitrogens with one attached hydrogen (secondary N) is 1. The van der Waals surface area contributed by atoms with E-state index < -0.39 is 10.0 Å². The standard InChI is InChI=1S/C11H25N3O3S/c1-5-8-14(18(4,16)17)9-6-11(15)12-7-10-13(2)3/h5-10H2,1-4H3,(H,12,15). The van der Waals surface area contributed by atoms with Crippen molar-refractivity contribution in [2.24, 2.45) is 0 Å². The maximum Gasteiger partial charge on any atom is 0.221 e. The molecule has 0 rings (SSSR count). The van der Waals surface area contributed by atoms with Crippen LogP contribution < -0.4 is 5.32 Å². The molecule has 0 bridgehead atoms. The average molecular weight is 279 g/mol. The minimum absolute atomic E-state index is 0.110. The lowest BCUT2D eigenvalue weighted by Gasteiger charge is -2.18. The molecule has 0 saturated carbocycles. The van der Waals surface area contributed by atoms with E-state index >= 15 is 0 Å². The molecule has 0 aromatic carbocycles. The molecule has 0 heterocycles. The van der Waals surface area contributed by atoms with Crippen molar-refractivity contribution in [3.63, 3.8) is 0 Å². The zero-order chi connectivity index (χ0) is 14.2. The lowest BCUT2D eigenvalue weighted by molar-refractivity contribution is -0.121. The van der Waals surface area contributed by atoms with Crippen molar-refractivity contribution in [3.05, 3.63) is 0 Å². The highest BCUT2D eigenvalue weighted by atomic mass is 32.2. The van der Waals surface area contributed by atoms with Gasteiger partial charge in [0.25, 0.3) is 0 Å². The molecule has 1 N–H and O–H groups in total. The molecule has 0 aromatic rings. The van der Waals surface area contributed by atoms with E-state index in [0.717, 1.165) is 13.0 Å². The molecule has 0 radical (unpaired) electrons. The maximum absolute atomic E-state index is 11.5. The highest BCUT2D eigenvalue weighted by Crippen LogP contribution is 2.01. The van der Waals surface area contributed by atoms with Crippen molar-refractivity contribution >= 4 is 15.9 Å². The first-order chi connectivity index (χ1) is 8.27. The highest BCUT2D eigenvalue weighted by Gasteiger charge is 2.16. The molecule has 0 saturated heterocycles. The number of amides is 1. The van der Waals surface area contributed by atoms with Gasteiger partial charge in [-0.15, -0.1) is 0 Å². The van der Waals surface area contributed by atoms with E-state index in [-0.39, 0.29) is 18.9 Å². The number of rotatable bonds is 9. The molecule has 0 aliphatic heterocycles. The fourth-order valence-electron chi connectivity index (χ4n) is 1.43. The molecule has 0 aliphatic carbocycles. The molecule has 6 nitrogen and oxygen atoms in total. The number of hydrogen-bond donors (Lipinski definition) is 1. The summed E-state index contributed by atoms with van der Waals surface area (Å²) in [6.45, 7) is 3.98. The molecule has 0 aliphatic rings. The van der Waals surface area contributed by atoms with Crippen molar-refractivity contribution in [1.29, 1.82) is 0 Å². The Bertz CT molecular complexity index is 341. The minimum Gasteiger partial charge on any atom is -0.355 e. The minimum atomic E-state index is -3.21. The van der Waals surface area contributed by atoms with E-state index in [9.17, 15) is 13.2 Å². The van der Waals surface area contributed by atoms with Gasteiger partial charge in [-0.25, -0.2) is 12.7 Å². The van der Waals surface area contributed by atoms with Crippen LogP contribution in [0.25, 0.3) is 0 Å². The molecule has 0 aromatic heterocycles. The molecule has 18 heavy (non-hydrogen) atoms. The largest absolute Gasteiger partial charge is 0.355 e. The van der Waals surface area contributed by atoms with Gasteiger partial charge in [0.15, 0.2) is 0 Å². The highest BCUT2D eigenvalue weighted by molar-refractivity contribution is 7.88. The monoisotopic (exact) mass is 279 g/mol. The van der Waals surface area contributed by atoms with E-state index in [1.54, 1.807) is 0 Å². The number of carbonyl (C=O) groups excluding carboxylic acids is 1. The van der Waals surface area contributed by atoms with E-state index in [1.807, 2.05) is 25.9 Å². The van der Waals surface area contributed by atoms with Gasteiger partial charge in [0.1, 0.15) is 0 Å². The van der Waals surface area contributed by atoms with Gasteiger partial charge in [-0.1, -0.05) is 6.92 Å². The van der Waals surface area contributed by atoms with Gasteiger partial charge in [0, 0.05) is 32.6 Å². The first-order valence-corrected chi connectivity index (χ1v) is 7.98. The number of carbonyl (C=O) groups is 1. The average Bonchev–Trinajstić information content (AvgIpc) is 2.21. The van der Waals surface area contributed by atoms with Crippen LogP contribution >= 0.6 is 0 Å². The summed E-state index contributed by atoms with van der Waals surface area (Å²) in [6.07, 6.45) is 2.13. The summed E-state index contributed by atoms with van der Waals surface area (Å²) in [5.41, 5.74) is 0. The molecule has 0 spiro atoms.